The molecule has 2 aromatic carbocycles. The number of anilines is 1. The molecule has 0 aliphatic carbocycles. The van der Waals surface area contributed by atoms with Crippen molar-refractivity contribution < 1.29 is 23.8 Å². The fourth-order valence-electron chi connectivity index (χ4n) is 4.19. The number of rotatable bonds is 7. The molecule has 0 radical (unpaired) electrons. The summed E-state index contributed by atoms with van der Waals surface area (Å²) >= 11 is 0. The van der Waals surface area contributed by atoms with E-state index in [-0.39, 0.29) is 0 Å². The third kappa shape index (κ3) is 4.82. The zero-order valence-corrected chi connectivity index (χ0v) is 19.9. The molecule has 1 amide bonds. The summed E-state index contributed by atoms with van der Waals surface area (Å²) in [7, 11) is 3.05. The molecule has 1 aliphatic rings. The van der Waals surface area contributed by atoms with Crippen molar-refractivity contribution in [3.63, 3.8) is 0 Å². The molecule has 8 heteroatoms. The van der Waals surface area contributed by atoms with Crippen LogP contribution in [-0.4, -0.2) is 55.2 Å². The van der Waals surface area contributed by atoms with Crippen LogP contribution in [0.2, 0.25) is 0 Å². The first-order valence-corrected chi connectivity index (χ1v) is 11.2. The number of para-hydroxylation sites is 1. The summed E-state index contributed by atoms with van der Waals surface area (Å²) in [5.74, 6) is 0.0327. The number of nitrogens with zero attached hydrogens (tertiary/aromatic N) is 2. The first-order valence-electron chi connectivity index (χ1n) is 11.2. The lowest BCUT2D eigenvalue weighted by Crippen LogP contribution is -2.37. The summed E-state index contributed by atoms with van der Waals surface area (Å²) in [6.07, 6.45) is 0.759. The van der Waals surface area contributed by atoms with Gasteiger partial charge in [0.2, 0.25) is 0 Å². The minimum Gasteiger partial charge on any atom is -0.497 e. The van der Waals surface area contributed by atoms with Gasteiger partial charge in [0.1, 0.15) is 11.5 Å². The first kappa shape index (κ1) is 23.5. The van der Waals surface area contributed by atoms with Gasteiger partial charge in [-0.25, -0.2) is 4.79 Å². The van der Waals surface area contributed by atoms with Crippen molar-refractivity contribution in [2.24, 2.45) is 0 Å². The van der Waals surface area contributed by atoms with E-state index < -0.39 is 18.5 Å². The normalized spacial score (nSPS) is 13.4. The van der Waals surface area contributed by atoms with Crippen LogP contribution in [-0.2, 0) is 22.5 Å². The Morgan fingerprint density at radius 3 is 2.65 bits per heavy atom. The zero-order valence-electron chi connectivity index (χ0n) is 19.9. The molecule has 34 heavy (non-hydrogen) atoms. The molecule has 0 unspecified atom stereocenters. The average Bonchev–Trinajstić information content (AvgIpc) is 2.85. The van der Waals surface area contributed by atoms with Gasteiger partial charge in [0.25, 0.3) is 5.91 Å². The molecule has 0 saturated heterocycles. The van der Waals surface area contributed by atoms with E-state index in [1.165, 1.54) is 14.2 Å². The fourth-order valence-corrected chi connectivity index (χ4v) is 4.19. The number of hydrogen-bond donors (Lipinski definition) is 1. The number of aromatic nitrogens is 1. The van der Waals surface area contributed by atoms with Crippen LogP contribution in [0.4, 0.5) is 5.69 Å². The standard InChI is InChI=1S/C26H29N3O5/c1-16(2)29-12-11-21-19(14-29)25(18-7-5-6-8-20(18)27-21)26(31)34-15-24(30)28-22-13-17(32-3)9-10-23(22)33-4/h5-10,13,16H,11-12,14-15H2,1-4H3,(H,28,30). The Hall–Kier alpha value is -3.65. The van der Waals surface area contributed by atoms with Gasteiger partial charge in [-0.15, -0.1) is 0 Å². The van der Waals surface area contributed by atoms with Gasteiger partial charge in [-0.2, -0.15) is 0 Å². The van der Waals surface area contributed by atoms with Crippen LogP contribution in [0.1, 0.15) is 35.5 Å². The molecule has 3 aromatic rings. The number of esters is 1. The van der Waals surface area contributed by atoms with E-state index in [0.29, 0.717) is 35.3 Å². The quantitative estimate of drug-likeness (QED) is 0.533. The predicted molar refractivity (Wildman–Crippen MR) is 129 cm³/mol. The Kier molecular flexibility index (Phi) is 6.98. The third-order valence-electron chi connectivity index (χ3n) is 6.03. The number of methoxy groups -OCH3 is 2. The van der Waals surface area contributed by atoms with Gasteiger partial charge in [0, 0.05) is 48.3 Å². The predicted octanol–water partition coefficient (Wildman–Crippen LogP) is 3.81. The minimum absolute atomic E-state index is 0.340. The number of carbonyl (C=O) groups is 2. The lowest BCUT2D eigenvalue weighted by Gasteiger charge is -2.32. The molecular weight excluding hydrogens is 434 g/mol. The highest BCUT2D eigenvalue weighted by Crippen LogP contribution is 2.30. The fraction of sp³-hybridized carbons (Fsp3) is 0.346. The largest absolute Gasteiger partial charge is 0.497 e. The second kappa shape index (κ2) is 10.1. The number of benzene rings is 2. The lowest BCUT2D eigenvalue weighted by atomic mass is 9.95. The zero-order chi connectivity index (χ0) is 24.2. The van der Waals surface area contributed by atoms with Crippen LogP contribution in [0.15, 0.2) is 42.5 Å². The molecule has 1 N–H and O–H groups in total. The Labute approximate surface area is 198 Å². The second-order valence-electron chi connectivity index (χ2n) is 8.43. The van der Waals surface area contributed by atoms with Gasteiger partial charge in [0.15, 0.2) is 6.61 Å². The highest BCUT2D eigenvalue weighted by atomic mass is 16.5. The van der Waals surface area contributed by atoms with Crippen LogP contribution >= 0.6 is 0 Å². The second-order valence-corrected chi connectivity index (χ2v) is 8.43. The van der Waals surface area contributed by atoms with Crippen molar-refractivity contribution >= 4 is 28.5 Å². The Balaban J connectivity index is 1.57. The lowest BCUT2D eigenvalue weighted by molar-refractivity contribution is -0.119. The monoisotopic (exact) mass is 463 g/mol. The molecule has 8 nitrogen and oxygen atoms in total. The van der Waals surface area contributed by atoms with Crippen LogP contribution < -0.4 is 14.8 Å². The molecule has 0 bridgehead atoms. The van der Waals surface area contributed by atoms with Crippen LogP contribution in [0, 0.1) is 0 Å². The maximum atomic E-state index is 13.3. The first-order chi connectivity index (χ1) is 16.4. The van der Waals surface area contributed by atoms with E-state index in [2.05, 4.69) is 24.1 Å². The number of hydrogen-bond acceptors (Lipinski definition) is 7. The molecule has 0 spiro atoms. The molecule has 178 valence electrons. The van der Waals surface area contributed by atoms with Gasteiger partial charge >= 0.3 is 5.97 Å². The highest BCUT2D eigenvalue weighted by Gasteiger charge is 2.28. The van der Waals surface area contributed by atoms with E-state index in [4.69, 9.17) is 19.2 Å². The number of amides is 1. The van der Waals surface area contributed by atoms with Crippen molar-refractivity contribution in [3.05, 3.63) is 59.3 Å². The maximum absolute atomic E-state index is 13.3. The van der Waals surface area contributed by atoms with Gasteiger partial charge < -0.3 is 19.5 Å². The third-order valence-corrected chi connectivity index (χ3v) is 6.03. The molecule has 0 fully saturated rings. The van der Waals surface area contributed by atoms with E-state index in [1.54, 1.807) is 18.2 Å². The highest BCUT2D eigenvalue weighted by molar-refractivity contribution is 6.06. The van der Waals surface area contributed by atoms with Crippen molar-refractivity contribution in [1.82, 2.24) is 9.88 Å². The van der Waals surface area contributed by atoms with Gasteiger partial charge in [0.05, 0.1) is 31.0 Å². The van der Waals surface area contributed by atoms with E-state index >= 15 is 0 Å². The van der Waals surface area contributed by atoms with E-state index in [0.717, 1.165) is 35.1 Å². The summed E-state index contributed by atoms with van der Waals surface area (Å²) in [4.78, 5) is 33.0. The number of nitrogens with one attached hydrogen (secondary N) is 1. The van der Waals surface area contributed by atoms with Crippen LogP contribution in [0.5, 0.6) is 11.5 Å². The van der Waals surface area contributed by atoms with Gasteiger partial charge in [-0.3, -0.25) is 14.7 Å². The van der Waals surface area contributed by atoms with Crippen LogP contribution in [0.25, 0.3) is 10.9 Å². The number of ether oxygens (including phenoxy) is 3. The Morgan fingerprint density at radius 1 is 1.12 bits per heavy atom. The van der Waals surface area contributed by atoms with Crippen LogP contribution in [0.3, 0.4) is 0 Å². The molecule has 2 heterocycles. The van der Waals surface area contributed by atoms with E-state index in [9.17, 15) is 9.59 Å². The van der Waals surface area contributed by atoms with Crippen molar-refractivity contribution in [2.45, 2.75) is 32.9 Å². The van der Waals surface area contributed by atoms with Crippen molar-refractivity contribution in [3.8, 4) is 11.5 Å². The van der Waals surface area contributed by atoms with Gasteiger partial charge in [-0.1, -0.05) is 18.2 Å². The van der Waals surface area contributed by atoms with Gasteiger partial charge in [-0.05, 0) is 32.0 Å². The smallest absolute Gasteiger partial charge is 0.339 e. The van der Waals surface area contributed by atoms with Crippen molar-refractivity contribution in [2.75, 3.05) is 32.7 Å². The SMILES string of the molecule is COc1ccc(OC)c(NC(=O)COC(=O)c2c3c(nc4ccccc24)CCN(C(C)C)C3)c1. The maximum Gasteiger partial charge on any atom is 0.339 e. The summed E-state index contributed by atoms with van der Waals surface area (Å²) in [5.41, 5.74) is 3.45. The molecule has 1 aliphatic heterocycles. The van der Waals surface area contributed by atoms with E-state index in [1.807, 2.05) is 24.3 Å². The Morgan fingerprint density at radius 2 is 1.91 bits per heavy atom. The summed E-state index contributed by atoms with van der Waals surface area (Å²) in [6.45, 7) is 5.33. The van der Waals surface area contributed by atoms with Crippen molar-refractivity contribution in [1.29, 1.82) is 0 Å². The number of carbonyl (C=O) groups excluding carboxylic acids is 2. The molecule has 4 rings (SSSR count). The molecular formula is C26H29N3O5. The minimum atomic E-state index is -0.534. The summed E-state index contributed by atoms with van der Waals surface area (Å²) < 4.78 is 16.0. The average molecular weight is 464 g/mol. The molecule has 0 saturated carbocycles. The molecule has 0 atom stereocenters. The topological polar surface area (TPSA) is 90.0 Å². The Bertz CT molecular complexity index is 1220. The molecule has 1 aromatic heterocycles. The number of fused-ring (bicyclic) bond motifs is 2. The summed E-state index contributed by atoms with van der Waals surface area (Å²) in [6, 6.07) is 12.9. The summed E-state index contributed by atoms with van der Waals surface area (Å²) in [5, 5.41) is 3.45. The number of pyridine rings is 1.